The minimum Gasteiger partial charge on any atom is -0.427 e. The van der Waals surface area contributed by atoms with Gasteiger partial charge in [0, 0.05) is 0 Å². The van der Waals surface area contributed by atoms with E-state index in [0.717, 1.165) is 11.1 Å². The lowest BCUT2D eigenvalue weighted by atomic mass is 10.1. The second-order valence-corrected chi connectivity index (χ2v) is 5.37. The molecule has 0 saturated heterocycles. The second kappa shape index (κ2) is 6.92. The van der Waals surface area contributed by atoms with Crippen LogP contribution >= 0.6 is 17.2 Å². The Morgan fingerprint density at radius 2 is 1.32 bits per heavy atom. The van der Waals surface area contributed by atoms with Crippen LogP contribution < -0.4 is 4.52 Å². The van der Waals surface area contributed by atoms with Gasteiger partial charge >= 0.3 is 17.2 Å². The Morgan fingerprint density at radius 3 is 1.89 bits per heavy atom. The minimum atomic E-state index is -2.62. The molecule has 1 unspecified atom stereocenters. The van der Waals surface area contributed by atoms with E-state index >= 15 is 0 Å². The van der Waals surface area contributed by atoms with Crippen molar-refractivity contribution in [2.45, 2.75) is 0 Å². The molecule has 7 heteroatoms. The lowest BCUT2D eigenvalue weighted by Gasteiger charge is -2.11. The fraction of sp³-hybridized carbons (Fsp3) is 0. The van der Waals surface area contributed by atoms with Gasteiger partial charge in [-0.2, -0.15) is 0 Å². The first kappa shape index (κ1) is 14.4. The van der Waals surface area contributed by atoms with Crippen molar-refractivity contribution in [2.24, 2.45) is 0 Å². The molecular formula is C12H12O5P2. The number of hydrogen-bond donors (Lipinski definition) is 3. The maximum absolute atomic E-state index is 9.28. The van der Waals surface area contributed by atoms with E-state index in [-0.39, 0.29) is 0 Å². The highest BCUT2D eigenvalue weighted by molar-refractivity contribution is 7.54. The van der Waals surface area contributed by atoms with Crippen LogP contribution in [0.2, 0.25) is 0 Å². The Labute approximate surface area is 113 Å². The third kappa shape index (κ3) is 4.51. The zero-order valence-corrected chi connectivity index (χ0v) is 11.5. The maximum Gasteiger partial charge on any atom is 0.401 e. The van der Waals surface area contributed by atoms with Crippen molar-refractivity contribution < 1.29 is 23.5 Å². The fourth-order valence-electron chi connectivity index (χ4n) is 1.51. The lowest BCUT2D eigenvalue weighted by molar-refractivity contribution is 0.329. The molecule has 0 radical (unpaired) electrons. The third-order valence-electron chi connectivity index (χ3n) is 2.29. The van der Waals surface area contributed by atoms with Gasteiger partial charge in [0.1, 0.15) is 5.75 Å². The monoisotopic (exact) mass is 298 g/mol. The summed E-state index contributed by atoms with van der Waals surface area (Å²) in [4.78, 5) is 26.4. The molecule has 19 heavy (non-hydrogen) atoms. The molecule has 0 spiro atoms. The first-order valence-corrected chi connectivity index (χ1v) is 7.63. The smallest absolute Gasteiger partial charge is 0.401 e. The largest absolute Gasteiger partial charge is 0.427 e. The average molecular weight is 298 g/mol. The molecule has 2 rings (SSSR count). The van der Waals surface area contributed by atoms with Gasteiger partial charge in [0.25, 0.3) is 0 Å². The van der Waals surface area contributed by atoms with Crippen LogP contribution in [0.5, 0.6) is 5.75 Å². The Kier molecular flexibility index (Phi) is 5.23. The van der Waals surface area contributed by atoms with Gasteiger partial charge in [-0.15, -0.1) is 0 Å². The van der Waals surface area contributed by atoms with Gasteiger partial charge in [0.15, 0.2) is 0 Å². The van der Waals surface area contributed by atoms with E-state index in [1.54, 1.807) is 12.1 Å². The summed E-state index contributed by atoms with van der Waals surface area (Å²) in [6.07, 6.45) is 0. The van der Waals surface area contributed by atoms with Crippen molar-refractivity contribution >= 4 is 17.2 Å². The molecule has 0 aliphatic rings. The van der Waals surface area contributed by atoms with E-state index in [1.165, 1.54) is 0 Å². The average Bonchev–Trinajstić information content (AvgIpc) is 2.39. The molecule has 0 fully saturated rings. The molecule has 3 N–H and O–H groups in total. The summed E-state index contributed by atoms with van der Waals surface area (Å²) in [5.41, 5.74) is 2.09. The summed E-state index contributed by atoms with van der Waals surface area (Å²) in [7, 11) is -4.96. The minimum absolute atomic E-state index is 0.394. The van der Waals surface area contributed by atoms with E-state index < -0.39 is 17.2 Å². The molecule has 0 aliphatic heterocycles. The lowest BCUT2D eigenvalue weighted by Crippen LogP contribution is -1.88. The standard InChI is InChI=1S/C12H12O5P2/c13-18(14)17-19(15)16-12-8-6-11(7-9-12)10-4-2-1-3-5-10/h1-9,13-15H. The van der Waals surface area contributed by atoms with Crippen molar-refractivity contribution in [3.8, 4) is 16.9 Å². The van der Waals surface area contributed by atoms with Crippen LogP contribution in [0.15, 0.2) is 54.6 Å². The van der Waals surface area contributed by atoms with Gasteiger partial charge in [-0.3, -0.25) is 0 Å². The van der Waals surface area contributed by atoms with Gasteiger partial charge in [-0.1, -0.05) is 42.5 Å². The van der Waals surface area contributed by atoms with Crippen LogP contribution in [0, 0.1) is 0 Å². The van der Waals surface area contributed by atoms with Crippen molar-refractivity contribution in [1.82, 2.24) is 0 Å². The Hall–Kier alpha value is -1.06. The number of hydrogen-bond acceptors (Lipinski definition) is 5. The zero-order chi connectivity index (χ0) is 13.7. The van der Waals surface area contributed by atoms with E-state index in [9.17, 15) is 4.89 Å². The summed E-state index contributed by atoms with van der Waals surface area (Å²) < 4.78 is 9.35. The highest BCUT2D eigenvalue weighted by atomic mass is 31.2. The highest BCUT2D eigenvalue weighted by Gasteiger charge is 2.14. The predicted octanol–water partition coefficient (Wildman–Crippen LogP) is 3.18. The normalized spacial score (nSPS) is 12.4. The highest BCUT2D eigenvalue weighted by Crippen LogP contribution is 2.46. The van der Waals surface area contributed by atoms with Crippen LogP contribution in [0.3, 0.4) is 0 Å². The van der Waals surface area contributed by atoms with Crippen molar-refractivity contribution in [3.05, 3.63) is 54.6 Å². The molecule has 0 bridgehead atoms. The SMILES string of the molecule is OP(O)OP(O)Oc1ccc(-c2ccccc2)cc1. The molecule has 5 nitrogen and oxygen atoms in total. The number of benzene rings is 2. The summed E-state index contributed by atoms with van der Waals surface area (Å²) >= 11 is 0. The van der Waals surface area contributed by atoms with Crippen molar-refractivity contribution in [1.29, 1.82) is 0 Å². The quantitative estimate of drug-likeness (QED) is 0.739. The molecular weight excluding hydrogens is 286 g/mol. The topological polar surface area (TPSA) is 79.2 Å². The molecule has 0 heterocycles. The first-order chi connectivity index (χ1) is 9.15. The molecule has 0 saturated carbocycles. The van der Waals surface area contributed by atoms with Crippen LogP contribution in [0.1, 0.15) is 0 Å². The van der Waals surface area contributed by atoms with E-state index in [2.05, 4.69) is 4.31 Å². The van der Waals surface area contributed by atoms with Crippen LogP contribution in [0.25, 0.3) is 11.1 Å². The first-order valence-electron chi connectivity index (χ1n) is 5.33. The molecule has 2 aromatic carbocycles. The number of rotatable bonds is 5. The molecule has 1 atom stereocenters. The van der Waals surface area contributed by atoms with Crippen LogP contribution in [-0.4, -0.2) is 14.7 Å². The van der Waals surface area contributed by atoms with Crippen LogP contribution in [-0.2, 0) is 4.31 Å². The summed E-state index contributed by atoms with van der Waals surface area (Å²) in [5.74, 6) is 0.394. The molecule has 100 valence electrons. The molecule has 0 aromatic heterocycles. The third-order valence-corrected chi connectivity index (χ3v) is 3.80. The molecule has 0 amide bonds. The van der Waals surface area contributed by atoms with Gasteiger partial charge < -0.3 is 19.2 Å². The summed E-state index contributed by atoms with van der Waals surface area (Å²) in [5, 5.41) is 0. The van der Waals surface area contributed by atoms with E-state index in [4.69, 9.17) is 14.3 Å². The molecule has 0 aliphatic carbocycles. The Morgan fingerprint density at radius 1 is 0.737 bits per heavy atom. The Balaban J connectivity index is 2.03. The summed E-state index contributed by atoms with van der Waals surface area (Å²) in [6.45, 7) is 0. The van der Waals surface area contributed by atoms with Crippen LogP contribution in [0.4, 0.5) is 0 Å². The van der Waals surface area contributed by atoms with Gasteiger partial charge in [0.2, 0.25) is 0 Å². The van der Waals surface area contributed by atoms with E-state index in [1.807, 2.05) is 42.5 Å². The summed E-state index contributed by atoms with van der Waals surface area (Å²) in [6, 6.07) is 16.9. The second-order valence-electron chi connectivity index (χ2n) is 3.55. The van der Waals surface area contributed by atoms with E-state index in [0.29, 0.717) is 5.75 Å². The van der Waals surface area contributed by atoms with Gasteiger partial charge in [-0.05, 0) is 23.3 Å². The van der Waals surface area contributed by atoms with Gasteiger partial charge in [0.05, 0.1) is 0 Å². The maximum atomic E-state index is 9.28. The predicted molar refractivity (Wildman–Crippen MR) is 74.1 cm³/mol. The fourth-order valence-corrected chi connectivity index (χ4v) is 2.44. The van der Waals surface area contributed by atoms with Crippen molar-refractivity contribution in [3.63, 3.8) is 0 Å². The molecule has 2 aromatic rings. The van der Waals surface area contributed by atoms with Crippen molar-refractivity contribution in [2.75, 3.05) is 0 Å². The Bertz CT molecular complexity index is 503. The zero-order valence-electron chi connectivity index (χ0n) is 9.75. The van der Waals surface area contributed by atoms with Gasteiger partial charge in [-0.25, -0.2) is 4.31 Å².